The minimum absolute atomic E-state index is 0.0796. The molecule has 5 rings (SSSR count). The molecule has 0 aromatic heterocycles. The molecule has 1 amide bonds. The number of nitrogens with one attached hydrogen (secondary N) is 2. The quantitative estimate of drug-likeness (QED) is 0.280. The summed E-state index contributed by atoms with van der Waals surface area (Å²) in [5.74, 6) is -4.89. The normalized spacial score (nSPS) is 24.8. The summed E-state index contributed by atoms with van der Waals surface area (Å²) in [4.78, 5) is 38.6. The van der Waals surface area contributed by atoms with E-state index >= 15 is 4.39 Å². The number of anilines is 1. The fourth-order valence-corrected chi connectivity index (χ4v) is 7.12. The first-order valence-corrected chi connectivity index (χ1v) is 15.2. The fraction of sp³-hybridized carbons (Fsp3) is 0.516. The third kappa shape index (κ3) is 7.32. The third-order valence-corrected chi connectivity index (χ3v) is 8.97. The predicted molar refractivity (Wildman–Crippen MR) is 160 cm³/mol. The minimum atomic E-state index is -5.08. The van der Waals surface area contributed by atoms with Crippen molar-refractivity contribution in [3.63, 3.8) is 0 Å². The number of nitrogens with zero attached hydrogens (tertiary/aromatic N) is 1. The Morgan fingerprint density at radius 3 is 2.30 bits per heavy atom. The van der Waals surface area contributed by atoms with Crippen LogP contribution < -0.4 is 10.6 Å². The van der Waals surface area contributed by atoms with Gasteiger partial charge in [0.05, 0.1) is 17.6 Å². The van der Waals surface area contributed by atoms with E-state index in [1.165, 1.54) is 6.07 Å². The summed E-state index contributed by atoms with van der Waals surface area (Å²) in [7, 11) is 0. The molecule has 0 saturated carbocycles. The molecule has 46 heavy (non-hydrogen) atoms. The average molecular weight is 697 g/mol. The number of rotatable bonds is 7. The Hall–Kier alpha value is -2.87. The molecular weight excluding hydrogens is 663 g/mol. The van der Waals surface area contributed by atoms with Crippen LogP contribution in [0.15, 0.2) is 36.4 Å². The van der Waals surface area contributed by atoms with Crippen LogP contribution in [0.4, 0.5) is 32.0 Å². The van der Waals surface area contributed by atoms with Crippen molar-refractivity contribution >= 4 is 46.5 Å². The number of aliphatic carboxylic acids is 1. The van der Waals surface area contributed by atoms with Gasteiger partial charge in [-0.3, -0.25) is 14.5 Å². The average Bonchev–Trinajstić information content (AvgIpc) is 3.37. The zero-order valence-electron chi connectivity index (χ0n) is 25.0. The molecular formula is C31H33Cl2F6N3O4. The van der Waals surface area contributed by atoms with E-state index in [1.807, 2.05) is 20.8 Å². The van der Waals surface area contributed by atoms with Crippen molar-refractivity contribution < 1.29 is 45.8 Å². The summed E-state index contributed by atoms with van der Waals surface area (Å²) < 4.78 is 73.0. The van der Waals surface area contributed by atoms with Gasteiger partial charge >= 0.3 is 12.1 Å². The van der Waals surface area contributed by atoms with E-state index in [9.17, 15) is 31.5 Å². The van der Waals surface area contributed by atoms with Gasteiger partial charge in [0.1, 0.15) is 11.2 Å². The second-order valence-electron chi connectivity index (χ2n) is 13.0. The van der Waals surface area contributed by atoms with E-state index in [0.717, 1.165) is 0 Å². The Balaban J connectivity index is 0.000000617. The molecule has 3 aliphatic rings. The maximum Gasteiger partial charge on any atom is 0.490 e. The maximum atomic E-state index is 15.8. The number of hydrogen-bond donors (Lipinski definition) is 3. The van der Waals surface area contributed by atoms with Crippen LogP contribution in [0.1, 0.15) is 50.7 Å². The molecule has 3 aliphatic heterocycles. The fourth-order valence-electron chi connectivity index (χ4n) is 6.77. The number of Topliss-reactive ketones (excluding diaryl/α,β-unsaturated/α-hetero) is 1. The van der Waals surface area contributed by atoms with Gasteiger partial charge < -0.3 is 15.7 Å². The first kappa shape index (κ1) is 36.0. The number of carboxylic acids is 1. The highest BCUT2D eigenvalue weighted by atomic mass is 35.5. The van der Waals surface area contributed by atoms with E-state index < -0.39 is 47.8 Å². The van der Waals surface area contributed by atoms with Gasteiger partial charge in [-0.2, -0.15) is 13.2 Å². The van der Waals surface area contributed by atoms with Gasteiger partial charge in [-0.25, -0.2) is 18.0 Å². The van der Waals surface area contributed by atoms with E-state index in [1.54, 1.807) is 35.2 Å². The molecule has 3 N–H and O–H groups in total. The standard InChI is InChI=1S/C29H32Cl2F3N3O2.C2HF3O2/c1-28(2,3)11-22-29(18-8-7-16(30)10-20(18)35-27(29)39)24(17-5-4-6-19(31)25(17)34)26(36-22)21(38)9-15-12-37(13-15)14-23(32)33;3-2(4,5)1(6)7/h4-8,10,15,22-24,26,36H,9,11-14H2,1-3H3,(H,35,39);(H,6,7)/t22-,24+,26+,29+;/m1./s1. The Kier molecular flexibility index (Phi) is 10.4. The van der Waals surface area contributed by atoms with E-state index in [4.69, 9.17) is 33.1 Å². The third-order valence-electron chi connectivity index (χ3n) is 8.45. The number of benzene rings is 2. The van der Waals surface area contributed by atoms with Crippen LogP contribution in [0.25, 0.3) is 0 Å². The van der Waals surface area contributed by atoms with Gasteiger partial charge in [-0.15, -0.1) is 0 Å². The van der Waals surface area contributed by atoms with Gasteiger partial charge in [-0.05, 0) is 47.1 Å². The number of ketones is 1. The Labute approximate surface area is 271 Å². The molecule has 0 unspecified atom stereocenters. The minimum Gasteiger partial charge on any atom is -0.475 e. The number of amides is 1. The van der Waals surface area contributed by atoms with Gasteiger partial charge in [0.15, 0.2) is 5.78 Å². The molecule has 1 spiro atoms. The Bertz CT molecular complexity index is 1500. The summed E-state index contributed by atoms with van der Waals surface area (Å²) in [6, 6.07) is 8.40. The second-order valence-corrected chi connectivity index (χ2v) is 13.9. The van der Waals surface area contributed by atoms with Crippen LogP contribution >= 0.6 is 23.2 Å². The van der Waals surface area contributed by atoms with Gasteiger partial charge in [-0.1, -0.05) is 62.2 Å². The first-order chi connectivity index (χ1) is 21.2. The summed E-state index contributed by atoms with van der Waals surface area (Å²) >= 11 is 12.5. The lowest BCUT2D eigenvalue weighted by Gasteiger charge is -2.39. The van der Waals surface area contributed by atoms with Crippen molar-refractivity contribution in [1.82, 2.24) is 10.2 Å². The topological polar surface area (TPSA) is 98.7 Å². The molecule has 0 radical (unpaired) electrons. The molecule has 4 atom stereocenters. The number of fused-ring (bicyclic) bond motifs is 2. The highest BCUT2D eigenvalue weighted by Crippen LogP contribution is 2.57. The van der Waals surface area contributed by atoms with Crippen LogP contribution in [0.2, 0.25) is 10.0 Å². The molecule has 2 aromatic carbocycles. The molecule has 15 heteroatoms. The molecule has 2 saturated heterocycles. The van der Waals surface area contributed by atoms with Gasteiger partial charge in [0.2, 0.25) is 5.91 Å². The molecule has 2 fully saturated rings. The van der Waals surface area contributed by atoms with Crippen molar-refractivity contribution in [1.29, 1.82) is 0 Å². The smallest absolute Gasteiger partial charge is 0.475 e. The SMILES string of the molecule is CC(C)(C)C[C@H]1N[C@@H](C(=O)CC2CN(CC(F)F)C2)[C@H](c2cccc(Cl)c2F)[C@@]12C(=O)Nc1cc(Cl)ccc12.O=C(O)C(F)(F)F. The second kappa shape index (κ2) is 13.3. The lowest BCUT2D eigenvalue weighted by Crippen LogP contribution is -2.50. The molecule has 252 valence electrons. The van der Waals surface area contributed by atoms with Gasteiger partial charge in [0, 0.05) is 42.2 Å². The lowest BCUT2D eigenvalue weighted by atomic mass is 9.62. The number of alkyl halides is 5. The van der Waals surface area contributed by atoms with Crippen molar-refractivity contribution in [2.75, 3.05) is 25.0 Å². The number of halogens is 8. The number of carbonyl (C=O) groups is 3. The molecule has 0 aliphatic carbocycles. The number of carboxylic acid groups (broad SMARTS) is 1. The maximum absolute atomic E-state index is 15.8. The van der Waals surface area contributed by atoms with Gasteiger partial charge in [0.25, 0.3) is 6.43 Å². The van der Waals surface area contributed by atoms with Crippen LogP contribution in [0, 0.1) is 17.2 Å². The first-order valence-electron chi connectivity index (χ1n) is 14.4. The van der Waals surface area contributed by atoms with Crippen molar-refractivity contribution in [2.24, 2.45) is 11.3 Å². The lowest BCUT2D eigenvalue weighted by molar-refractivity contribution is -0.192. The molecule has 2 aromatic rings. The monoisotopic (exact) mass is 695 g/mol. The highest BCUT2D eigenvalue weighted by molar-refractivity contribution is 6.31. The zero-order valence-corrected chi connectivity index (χ0v) is 26.5. The summed E-state index contributed by atoms with van der Waals surface area (Å²) in [5.41, 5.74) is -0.157. The highest BCUT2D eigenvalue weighted by Gasteiger charge is 2.66. The molecule has 3 heterocycles. The Morgan fingerprint density at radius 1 is 1.11 bits per heavy atom. The molecule has 7 nitrogen and oxygen atoms in total. The van der Waals surface area contributed by atoms with E-state index in [-0.39, 0.29) is 46.6 Å². The van der Waals surface area contributed by atoms with E-state index in [2.05, 4.69) is 10.6 Å². The molecule has 0 bridgehead atoms. The van der Waals surface area contributed by atoms with Crippen LogP contribution in [-0.4, -0.2) is 72.0 Å². The van der Waals surface area contributed by atoms with Crippen LogP contribution in [0.5, 0.6) is 0 Å². The van der Waals surface area contributed by atoms with Crippen molar-refractivity contribution in [2.45, 2.75) is 69.6 Å². The summed E-state index contributed by atoms with van der Waals surface area (Å²) in [5, 5.41) is 13.9. The number of likely N-dealkylation sites (tertiary alicyclic amines) is 1. The van der Waals surface area contributed by atoms with Crippen molar-refractivity contribution in [3.05, 3.63) is 63.4 Å². The Morgan fingerprint density at radius 2 is 1.74 bits per heavy atom. The number of hydrogen-bond acceptors (Lipinski definition) is 5. The largest absolute Gasteiger partial charge is 0.490 e. The van der Waals surface area contributed by atoms with E-state index in [0.29, 0.717) is 35.8 Å². The number of carbonyl (C=O) groups excluding carboxylic acids is 2. The van der Waals surface area contributed by atoms with Crippen molar-refractivity contribution in [3.8, 4) is 0 Å². The summed E-state index contributed by atoms with van der Waals surface area (Å²) in [6.07, 6.45) is -6.85. The predicted octanol–water partition coefficient (Wildman–Crippen LogP) is 6.67. The van der Waals surface area contributed by atoms with Crippen LogP contribution in [-0.2, 0) is 19.8 Å². The zero-order chi connectivity index (χ0) is 34.4. The summed E-state index contributed by atoms with van der Waals surface area (Å²) in [6.45, 7) is 6.63. The van der Waals surface area contributed by atoms with Crippen LogP contribution in [0.3, 0.4) is 0 Å².